The molecule has 1 unspecified atom stereocenters. The quantitative estimate of drug-likeness (QED) is 0.824. The number of nitriles is 1. The van der Waals surface area contributed by atoms with Crippen LogP contribution in [0.2, 0.25) is 0 Å². The molecule has 0 bridgehead atoms. The van der Waals surface area contributed by atoms with Gasteiger partial charge in [0.15, 0.2) is 0 Å². The molecule has 0 spiro atoms. The molecule has 2 aromatic carbocycles. The number of rotatable bonds is 3. The highest BCUT2D eigenvalue weighted by Crippen LogP contribution is 2.41. The summed E-state index contributed by atoms with van der Waals surface area (Å²) in [5.41, 5.74) is 10.0. The Morgan fingerprint density at radius 3 is 2.33 bits per heavy atom. The van der Waals surface area contributed by atoms with Crippen molar-refractivity contribution in [1.29, 1.82) is 5.26 Å². The Kier molecular flexibility index (Phi) is 5.39. The highest BCUT2D eigenvalue weighted by Gasteiger charge is 2.39. The van der Waals surface area contributed by atoms with E-state index >= 15 is 0 Å². The number of quaternary nitrogens is 1. The van der Waals surface area contributed by atoms with Crippen LogP contribution in [0.15, 0.2) is 76.9 Å². The van der Waals surface area contributed by atoms with Crippen molar-refractivity contribution in [2.75, 3.05) is 19.6 Å². The summed E-state index contributed by atoms with van der Waals surface area (Å²) in [6.07, 6.45) is 1.97. The minimum Gasteiger partial charge on any atom is -0.440 e. The molecule has 0 fully saturated rings. The van der Waals surface area contributed by atoms with E-state index in [2.05, 4.69) is 13.0 Å². The number of nitrogens with two attached hydrogens (primary N) is 1. The van der Waals surface area contributed by atoms with Gasteiger partial charge in [0.2, 0.25) is 5.88 Å². The van der Waals surface area contributed by atoms with Crippen molar-refractivity contribution in [3.05, 3.63) is 99.7 Å². The van der Waals surface area contributed by atoms with Crippen LogP contribution in [0.5, 0.6) is 0 Å². The van der Waals surface area contributed by atoms with Gasteiger partial charge >= 0.3 is 0 Å². The van der Waals surface area contributed by atoms with Gasteiger partial charge in [0.25, 0.3) is 0 Å². The number of hydrogen-bond donors (Lipinski definition) is 2. The maximum absolute atomic E-state index is 13.5. The average Bonchev–Trinajstić information content (AvgIpc) is 2.75. The summed E-state index contributed by atoms with van der Waals surface area (Å²) in [7, 11) is 0. The predicted octanol–water partition coefficient (Wildman–Crippen LogP) is 3.03. The Hall–Kier alpha value is -3.43. The van der Waals surface area contributed by atoms with Crippen LogP contribution in [-0.2, 0) is 4.74 Å². The lowest BCUT2D eigenvalue weighted by Gasteiger charge is -2.36. The van der Waals surface area contributed by atoms with Gasteiger partial charge in [-0.1, -0.05) is 24.3 Å². The van der Waals surface area contributed by atoms with Crippen molar-refractivity contribution in [2.45, 2.75) is 12.8 Å². The molecule has 30 heavy (non-hydrogen) atoms. The Balaban J connectivity index is 1.86. The van der Waals surface area contributed by atoms with Crippen LogP contribution in [0.4, 0.5) is 8.78 Å². The second-order valence-electron chi connectivity index (χ2n) is 7.51. The third-order valence-corrected chi connectivity index (χ3v) is 5.61. The van der Waals surface area contributed by atoms with Crippen LogP contribution in [0.25, 0.3) is 6.08 Å². The standard InChI is InChI=1S/C24H21F2N3O/c1-2-29-13-17(11-15-3-7-18(25)8-4-15)23-21(14-29)22(20(12-27)24(28)30-23)16-5-9-19(26)10-6-16/h3-11,22H,2,13-14,28H2,1H3/p+1/t22-/m1/s1. The monoisotopic (exact) mass is 406 g/mol. The molecule has 152 valence electrons. The van der Waals surface area contributed by atoms with Crippen LogP contribution < -0.4 is 10.6 Å². The number of nitrogens with one attached hydrogen (secondary N) is 1. The Morgan fingerprint density at radius 2 is 1.73 bits per heavy atom. The smallest absolute Gasteiger partial charge is 0.205 e. The fourth-order valence-electron chi connectivity index (χ4n) is 4.08. The van der Waals surface area contributed by atoms with Gasteiger partial charge in [-0.25, -0.2) is 8.78 Å². The zero-order valence-corrected chi connectivity index (χ0v) is 16.6. The second-order valence-corrected chi connectivity index (χ2v) is 7.51. The molecule has 2 aliphatic heterocycles. The molecule has 0 aliphatic carbocycles. The van der Waals surface area contributed by atoms with Crippen LogP contribution in [0.3, 0.4) is 0 Å². The first-order valence-electron chi connectivity index (χ1n) is 9.86. The number of benzene rings is 2. The molecule has 3 N–H and O–H groups in total. The van der Waals surface area contributed by atoms with Crippen molar-refractivity contribution in [3.63, 3.8) is 0 Å². The maximum atomic E-state index is 13.5. The van der Waals surface area contributed by atoms with Crippen molar-refractivity contribution in [1.82, 2.24) is 0 Å². The molecule has 2 heterocycles. The molecule has 4 rings (SSSR count). The van der Waals surface area contributed by atoms with Crippen LogP contribution in [0, 0.1) is 23.0 Å². The van der Waals surface area contributed by atoms with E-state index in [-0.39, 0.29) is 17.5 Å². The molecule has 2 aromatic rings. The first kappa shape index (κ1) is 19.9. The number of nitrogens with zero attached hydrogens (tertiary/aromatic N) is 1. The van der Waals surface area contributed by atoms with Crippen molar-refractivity contribution in [3.8, 4) is 6.07 Å². The summed E-state index contributed by atoms with van der Waals surface area (Å²) >= 11 is 0. The van der Waals surface area contributed by atoms with E-state index in [4.69, 9.17) is 10.5 Å². The van der Waals surface area contributed by atoms with Gasteiger partial charge in [0.1, 0.15) is 42.1 Å². The molecule has 0 aromatic heterocycles. The predicted molar refractivity (Wildman–Crippen MR) is 110 cm³/mol. The van der Waals surface area contributed by atoms with Gasteiger partial charge < -0.3 is 15.4 Å². The molecule has 0 amide bonds. The zero-order chi connectivity index (χ0) is 21.3. The van der Waals surface area contributed by atoms with E-state index in [9.17, 15) is 14.0 Å². The molecule has 0 saturated carbocycles. The van der Waals surface area contributed by atoms with E-state index in [1.165, 1.54) is 29.2 Å². The van der Waals surface area contributed by atoms with Crippen molar-refractivity contribution >= 4 is 6.08 Å². The summed E-state index contributed by atoms with van der Waals surface area (Å²) in [4.78, 5) is 1.30. The van der Waals surface area contributed by atoms with Gasteiger partial charge in [-0.15, -0.1) is 0 Å². The Morgan fingerprint density at radius 1 is 1.10 bits per heavy atom. The minimum atomic E-state index is -0.391. The van der Waals surface area contributed by atoms with Crippen molar-refractivity contribution in [2.24, 2.45) is 5.73 Å². The van der Waals surface area contributed by atoms with E-state index in [0.717, 1.165) is 35.4 Å². The zero-order valence-electron chi connectivity index (χ0n) is 16.6. The molecule has 2 atom stereocenters. The van der Waals surface area contributed by atoms with E-state index in [1.807, 2.05) is 6.08 Å². The lowest BCUT2D eigenvalue weighted by atomic mass is 9.80. The molecule has 0 radical (unpaired) electrons. The van der Waals surface area contributed by atoms with E-state index in [0.29, 0.717) is 17.9 Å². The molecular weight excluding hydrogens is 384 g/mol. The first-order chi connectivity index (χ1) is 14.5. The largest absolute Gasteiger partial charge is 0.440 e. The summed E-state index contributed by atoms with van der Waals surface area (Å²) in [6.45, 7) is 4.39. The number of hydrogen-bond acceptors (Lipinski definition) is 3. The second kappa shape index (κ2) is 8.13. The van der Waals surface area contributed by atoms with Gasteiger partial charge in [-0.2, -0.15) is 5.26 Å². The molecule has 6 heteroatoms. The van der Waals surface area contributed by atoms with Gasteiger partial charge in [0.05, 0.1) is 12.5 Å². The SMILES string of the molecule is CC[NH+]1CC(=Cc2ccc(F)cc2)C2=C(C1)[C@H](c1ccc(F)cc1)C(C#N)=C(N)O2. The number of halogens is 2. The maximum Gasteiger partial charge on any atom is 0.205 e. The Labute approximate surface area is 174 Å². The summed E-state index contributed by atoms with van der Waals surface area (Å²) < 4.78 is 32.8. The van der Waals surface area contributed by atoms with Crippen LogP contribution in [0.1, 0.15) is 24.0 Å². The fourth-order valence-corrected chi connectivity index (χ4v) is 4.08. The number of likely N-dealkylation sites (N-methyl/N-ethyl adjacent to an activating group) is 1. The van der Waals surface area contributed by atoms with Gasteiger partial charge in [0, 0.05) is 11.1 Å². The van der Waals surface area contributed by atoms with Crippen molar-refractivity contribution < 1.29 is 18.4 Å². The third-order valence-electron chi connectivity index (χ3n) is 5.61. The lowest BCUT2D eigenvalue weighted by molar-refractivity contribution is -0.890. The highest BCUT2D eigenvalue weighted by molar-refractivity contribution is 5.62. The summed E-state index contributed by atoms with van der Waals surface area (Å²) in [6, 6.07) is 14.6. The van der Waals surface area contributed by atoms with Crippen LogP contribution in [-0.4, -0.2) is 19.6 Å². The number of allylic oxidation sites excluding steroid dienone is 1. The van der Waals surface area contributed by atoms with Gasteiger partial charge in [-0.05, 0) is 48.4 Å². The normalized spacial score (nSPS) is 22.5. The average molecular weight is 406 g/mol. The third kappa shape index (κ3) is 3.72. The van der Waals surface area contributed by atoms with E-state index in [1.54, 1.807) is 24.3 Å². The fraction of sp³-hybridized carbons (Fsp3) is 0.208. The minimum absolute atomic E-state index is 0.0653. The van der Waals surface area contributed by atoms with E-state index < -0.39 is 5.92 Å². The molecular formula is C24H22F2N3O+. The highest BCUT2D eigenvalue weighted by atomic mass is 19.1. The molecule has 4 nitrogen and oxygen atoms in total. The lowest BCUT2D eigenvalue weighted by Crippen LogP contribution is -3.12. The number of ether oxygens (including phenoxy) is 1. The van der Waals surface area contributed by atoms with Crippen LogP contribution >= 0.6 is 0 Å². The van der Waals surface area contributed by atoms with Gasteiger partial charge in [-0.3, -0.25) is 0 Å². The topological polar surface area (TPSA) is 63.5 Å². The Bertz CT molecular complexity index is 1090. The molecule has 2 aliphatic rings. The summed E-state index contributed by atoms with van der Waals surface area (Å²) in [5.74, 6) is -0.301. The summed E-state index contributed by atoms with van der Waals surface area (Å²) in [5, 5.41) is 9.77. The molecule has 0 saturated heterocycles. The first-order valence-corrected chi connectivity index (χ1v) is 9.86.